The van der Waals surface area contributed by atoms with Crippen LogP contribution in [0.4, 0.5) is 10.1 Å². The van der Waals surface area contributed by atoms with Gasteiger partial charge in [0.1, 0.15) is 23.1 Å². The van der Waals surface area contributed by atoms with Gasteiger partial charge in [0, 0.05) is 31.6 Å². The lowest BCUT2D eigenvalue weighted by Gasteiger charge is -2.16. The van der Waals surface area contributed by atoms with E-state index >= 15 is 0 Å². The van der Waals surface area contributed by atoms with Crippen LogP contribution in [0.1, 0.15) is 12.2 Å². The molecular formula is C23H23FN2O4. The van der Waals surface area contributed by atoms with Crippen molar-refractivity contribution in [3.8, 4) is 17.1 Å². The normalized spacial score (nSPS) is 10.5. The van der Waals surface area contributed by atoms with E-state index in [9.17, 15) is 14.0 Å². The van der Waals surface area contributed by atoms with E-state index in [0.717, 1.165) is 0 Å². The second-order valence-corrected chi connectivity index (χ2v) is 6.78. The number of methoxy groups -OCH3 is 1. The van der Waals surface area contributed by atoms with E-state index in [1.54, 1.807) is 68.8 Å². The molecule has 0 aliphatic carbocycles. The summed E-state index contributed by atoms with van der Waals surface area (Å²) in [6, 6.07) is 16.7. The van der Waals surface area contributed by atoms with E-state index in [1.165, 1.54) is 11.0 Å². The number of nitrogens with one attached hydrogen (secondary N) is 1. The molecule has 7 heteroatoms. The number of amides is 2. The zero-order valence-corrected chi connectivity index (χ0v) is 16.9. The van der Waals surface area contributed by atoms with Gasteiger partial charge < -0.3 is 19.4 Å². The summed E-state index contributed by atoms with van der Waals surface area (Å²) < 4.78 is 24.6. The Hall–Kier alpha value is -3.61. The molecule has 0 saturated carbocycles. The Labute approximate surface area is 174 Å². The first kappa shape index (κ1) is 21.1. The summed E-state index contributed by atoms with van der Waals surface area (Å²) in [5.41, 5.74) is 0.970. The molecule has 1 aromatic heterocycles. The number of nitrogens with zero attached hydrogens (tertiary/aromatic N) is 1. The Morgan fingerprint density at radius 2 is 1.90 bits per heavy atom. The standard InChI is InChI=1S/C23H23FN2O4/c1-26(15-22(27)25-16-6-5-7-18(14-16)29-2)23(28)13-11-17-10-12-21(30-17)19-8-3-4-9-20(19)24/h3-10,12,14H,11,13,15H2,1-2H3,(H,25,27). The molecule has 0 unspecified atom stereocenters. The van der Waals surface area contributed by atoms with Gasteiger partial charge in [-0.25, -0.2) is 4.39 Å². The van der Waals surface area contributed by atoms with E-state index in [4.69, 9.17) is 9.15 Å². The van der Waals surface area contributed by atoms with Gasteiger partial charge in [-0.05, 0) is 36.4 Å². The molecule has 6 nitrogen and oxygen atoms in total. The average molecular weight is 410 g/mol. The number of rotatable bonds is 8. The van der Waals surface area contributed by atoms with Crippen LogP contribution in [0.5, 0.6) is 5.75 Å². The lowest BCUT2D eigenvalue weighted by Crippen LogP contribution is -2.35. The van der Waals surface area contributed by atoms with Crippen LogP contribution >= 0.6 is 0 Å². The van der Waals surface area contributed by atoms with E-state index in [-0.39, 0.29) is 30.6 Å². The molecule has 0 aliphatic heterocycles. The monoisotopic (exact) mass is 410 g/mol. The Balaban J connectivity index is 1.50. The first-order valence-corrected chi connectivity index (χ1v) is 9.47. The van der Waals surface area contributed by atoms with Crippen LogP contribution < -0.4 is 10.1 Å². The van der Waals surface area contributed by atoms with Gasteiger partial charge in [-0.15, -0.1) is 0 Å². The second kappa shape index (κ2) is 9.73. The minimum absolute atomic E-state index is 0.0747. The van der Waals surface area contributed by atoms with Crippen molar-refractivity contribution in [2.45, 2.75) is 12.8 Å². The highest BCUT2D eigenvalue weighted by Crippen LogP contribution is 2.25. The van der Waals surface area contributed by atoms with Crippen LogP contribution in [0, 0.1) is 5.82 Å². The number of carbonyl (C=O) groups excluding carboxylic acids is 2. The molecule has 2 amide bonds. The minimum atomic E-state index is -0.365. The second-order valence-electron chi connectivity index (χ2n) is 6.78. The van der Waals surface area contributed by atoms with E-state index in [2.05, 4.69) is 5.32 Å². The summed E-state index contributed by atoms with van der Waals surface area (Å²) in [7, 11) is 3.12. The number of halogens is 1. The number of furan rings is 1. The topological polar surface area (TPSA) is 71.8 Å². The third-order valence-corrected chi connectivity index (χ3v) is 4.55. The molecule has 0 aliphatic rings. The van der Waals surface area contributed by atoms with Gasteiger partial charge >= 0.3 is 0 Å². The van der Waals surface area contributed by atoms with Gasteiger partial charge in [0.15, 0.2) is 0 Å². The summed E-state index contributed by atoms with van der Waals surface area (Å²) in [5, 5.41) is 2.74. The number of ether oxygens (including phenoxy) is 1. The Morgan fingerprint density at radius 3 is 2.67 bits per heavy atom. The SMILES string of the molecule is COc1cccc(NC(=O)CN(C)C(=O)CCc2ccc(-c3ccccc3F)o2)c1. The van der Waals surface area contributed by atoms with Crippen LogP contribution in [0.25, 0.3) is 11.3 Å². The van der Waals surface area contributed by atoms with Crippen LogP contribution in [-0.2, 0) is 16.0 Å². The minimum Gasteiger partial charge on any atom is -0.497 e. The van der Waals surface area contributed by atoms with Gasteiger partial charge in [0.25, 0.3) is 0 Å². The molecule has 0 spiro atoms. The van der Waals surface area contributed by atoms with E-state index in [0.29, 0.717) is 34.9 Å². The van der Waals surface area contributed by atoms with Gasteiger partial charge in [0.2, 0.25) is 11.8 Å². The first-order valence-electron chi connectivity index (χ1n) is 9.47. The molecule has 0 bridgehead atoms. The van der Waals surface area contributed by atoms with Gasteiger partial charge in [-0.1, -0.05) is 18.2 Å². The van der Waals surface area contributed by atoms with Crippen molar-refractivity contribution in [3.63, 3.8) is 0 Å². The highest BCUT2D eigenvalue weighted by molar-refractivity contribution is 5.94. The summed E-state index contributed by atoms with van der Waals surface area (Å²) in [6.07, 6.45) is 0.530. The predicted octanol–water partition coefficient (Wildman–Crippen LogP) is 4.12. The van der Waals surface area contributed by atoms with E-state index in [1.807, 2.05) is 0 Å². The Kier molecular flexibility index (Phi) is 6.85. The number of carbonyl (C=O) groups is 2. The molecule has 0 fully saturated rings. The highest BCUT2D eigenvalue weighted by atomic mass is 19.1. The summed E-state index contributed by atoms with van der Waals surface area (Å²) >= 11 is 0. The molecule has 1 heterocycles. The van der Waals surface area contributed by atoms with Gasteiger partial charge in [-0.2, -0.15) is 0 Å². The van der Waals surface area contributed by atoms with Crippen LogP contribution in [0.2, 0.25) is 0 Å². The molecule has 2 aromatic carbocycles. The summed E-state index contributed by atoms with van der Waals surface area (Å²) in [4.78, 5) is 25.9. The van der Waals surface area contributed by atoms with Crippen molar-refractivity contribution in [2.24, 2.45) is 0 Å². The molecule has 30 heavy (non-hydrogen) atoms. The average Bonchev–Trinajstić information content (AvgIpc) is 3.21. The maximum Gasteiger partial charge on any atom is 0.243 e. The largest absolute Gasteiger partial charge is 0.497 e. The number of likely N-dealkylation sites (N-methyl/N-ethyl adjacent to an activating group) is 1. The zero-order valence-electron chi connectivity index (χ0n) is 16.9. The molecule has 0 radical (unpaired) electrons. The van der Waals surface area contributed by atoms with Crippen molar-refractivity contribution in [1.82, 2.24) is 4.90 Å². The molecule has 156 valence electrons. The number of hydrogen-bond donors (Lipinski definition) is 1. The van der Waals surface area contributed by atoms with Gasteiger partial charge in [0.05, 0.1) is 19.2 Å². The van der Waals surface area contributed by atoms with Crippen molar-refractivity contribution in [1.29, 1.82) is 0 Å². The molecule has 3 rings (SSSR count). The zero-order chi connectivity index (χ0) is 21.5. The number of aryl methyl sites for hydroxylation is 1. The maximum atomic E-state index is 13.9. The lowest BCUT2D eigenvalue weighted by atomic mass is 10.1. The lowest BCUT2D eigenvalue weighted by molar-refractivity contribution is -0.133. The molecular weight excluding hydrogens is 387 g/mol. The number of anilines is 1. The highest BCUT2D eigenvalue weighted by Gasteiger charge is 2.15. The number of benzene rings is 2. The smallest absolute Gasteiger partial charge is 0.243 e. The van der Waals surface area contributed by atoms with E-state index < -0.39 is 0 Å². The quantitative estimate of drug-likeness (QED) is 0.606. The third-order valence-electron chi connectivity index (χ3n) is 4.55. The molecule has 0 saturated heterocycles. The summed E-state index contributed by atoms with van der Waals surface area (Å²) in [5.74, 6) is 0.762. The van der Waals surface area contributed by atoms with Crippen LogP contribution in [0.3, 0.4) is 0 Å². The fraction of sp³-hybridized carbons (Fsp3) is 0.217. The van der Waals surface area contributed by atoms with Crippen LogP contribution in [0.15, 0.2) is 65.1 Å². The third kappa shape index (κ3) is 5.47. The molecule has 1 N–H and O–H groups in total. The first-order chi connectivity index (χ1) is 14.5. The van der Waals surface area contributed by atoms with Crippen molar-refractivity contribution < 1.29 is 23.1 Å². The predicted molar refractivity (Wildman–Crippen MR) is 112 cm³/mol. The van der Waals surface area contributed by atoms with Crippen LogP contribution in [-0.4, -0.2) is 37.4 Å². The van der Waals surface area contributed by atoms with Crippen molar-refractivity contribution in [2.75, 3.05) is 26.0 Å². The maximum absolute atomic E-state index is 13.9. The summed E-state index contributed by atoms with van der Waals surface area (Å²) in [6.45, 7) is -0.0747. The Bertz CT molecular complexity index is 1030. The van der Waals surface area contributed by atoms with Crippen molar-refractivity contribution in [3.05, 3.63) is 72.2 Å². The molecule has 0 atom stereocenters. The number of hydrogen-bond acceptors (Lipinski definition) is 4. The van der Waals surface area contributed by atoms with Crippen molar-refractivity contribution >= 4 is 17.5 Å². The molecule has 3 aromatic rings. The Morgan fingerprint density at radius 1 is 1.10 bits per heavy atom. The fourth-order valence-corrected chi connectivity index (χ4v) is 2.94. The fourth-order valence-electron chi connectivity index (χ4n) is 2.94. The van der Waals surface area contributed by atoms with Gasteiger partial charge in [-0.3, -0.25) is 9.59 Å².